The van der Waals surface area contributed by atoms with Gasteiger partial charge in [-0.3, -0.25) is 4.79 Å². The molecule has 1 heterocycles. The van der Waals surface area contributed by atoms with Gasteiger partial charge in [0.2, 0.25) is 5.91 Å². The van der Waals surface area contributed by atoms with Crippen LogP contribution in [0.5, 0.6) is 0 Å². The lowest BCUT2D eigenvalue weighted by molar-refractivity contribution is -0.141. The van der Waals surface area contributed by atoms with Crippen LogP contribution in [0.1, 0.15) is 26.7 Å². The minimum atomic E-state index is -1.27. The van der Waals surface area contributed by atoms with Crippen molar-refractivity contribution in [3.05, 3.63) is 0 Å². The third-order valence-electron chi connectivity index (χ3n) is 3.16. The van der Waals surface area contributed by atoms with Crippen LogP contribution in [-0.2, 0) is 9.59 Å². The number of urea groups is 1. The second-order valence-corrected chi connectivity index (χ2v) is 5.36. The van der Waals surface area contributed by atoms with Gasteiger partial charge in [-0.05, 0) is 18.3 Å². The minimum Gasteiger partial charge on any atom is -0.480 e. The van der Waals surface area contributed by atoms with Crippen LogP contribution in [0.2, 0.25) is 0 Å². The van der Waals surface area contributed by atoms with E-state index in [2.05, 4.69) is 5.32 Å². The molecule has 3 atom stereocenters. The van der Waals surface area contributed by atoms with Crippen molar-refractivity contribution in [2.45, 2.75) is 32.7 Å². The maximum Gasteiger partial charge on any atom is 0.326 e. The van der Waals surface area contributed by atoms with Crippen LogP contribution in [0.4, 0.5) is 4.79 Å². The van der Waals surface area contributed by atoms with Gasteiger partial charge in [0.25, 0.3) is 0 Å². The van der Waals surface area contributed by atoms with Crippen LogP contribution >= 0.6 is 0 Å². The molecule has 19 heavy (non-hydrogen) atoms. The van der Waals surface area contributed by atoms with Crippen LogP contribution in [0.3, 0.4) is 0 Å². The van der Waals surface area contributed by atoms with Gasteiger partial charge in [-0.25, -0.2) is 9.59 Å². The van der Waals surface area contributed by atoms with E-state index in [1.807, 2.05) is 13.8 Å². The molecule has 7 nitrogen and oxygen atoms in total. The lowest BCUT2D eigenvalue weighted by atomic mass is 9.92. The SMILES string of the molecule is CC1CC(C)CN(C(=O)N[C@H](CC(N)=O)C(=O)O)C1. The highest BCUT2D eigenvalue weighted by Crippen LogP contribution is 2.20. The van der Waals surface area contributed by atoms with E-state index >= 15 is 0 Å². The van der Waals surface area contributed by atoms with E-state index in [9.17, 15) is 14.4 Å². The molecule has 0 radical (unpaired) electrons. The van der Waals surface area contributed by atoms with Gasteiger partial charge in [0, 0.05) is 13.1 Å². The van der Waals surface area contributed by atoms with Crippen molar-refractivity contribution in [2.24, 2.45) is 17.6 Å². The van der Waals surface area contributed by atoms with Gasteiger partial charge in [0.1, 0.15) is 6.04 Å². The summed E-state index contributed by atoms with van der Waals surface area (Å²) in [6, 6.07) is -1.72. The van der Waals surface area contributed by atoms with E-state index in [0.717, 1.165) is 6.42 Å². The maximum atomic E-state index is 12.0. The molecule has 1 aliphatic heterocycles. The largest absolute Gasteiger partial charge is 0.480 e. The molecular formula is C12H21N3O4. The van der Waals surface area contributed by atoms with Gasteiger partial charge in [-0.1, -0.05) is 13.8 Å². The van der Waals surface area contributed by atoms with Crippen molar-refractivity contribution in [3.63, 3.8) is 0 Å². The average Bonchev–Trinajstić information content (AvgIpc) is 2.25. The number of amides is 3. The van der Waals surface area contributed by atoms with E-state index in [-0.39, 0.29) is 0 Å². The molecule has 1 aliphatic rings. The number of primary amides is 1. The fourth-order valence-corrected chi connectivity index (χ4v) is 2.47. The van der Waals surface area contributed by atoms with Crippen molar-refractivity contribution in [1.29, 1.82) is 0 Å². The van der Waals surface area contributed by atoms with Crippen molar-refractivity contribution < 1.29 is 19.5 Å². The molecule has 0 bridgehead atoms. The van der Waals surface area contributed by atoms with Crippen molar-refractivity contribution >= 4 is 17.9 Å². The fourth-order valence-electron chi connectivity index (χ4n) is 2.47. The minimum absolute atomic E-state index is 0.383. The Morgan fingerprint density at radius 1 is 1.32 bits per heavy atom. The summed E-state index contributed by atoms with van der Waals surface area (Å²) in [4.78, 5) is 35.3. The van der Waals surface area contributed by atoms with Gasteiger partial charge in [0.05, 0.1) is 6.42 Å². The first-order valence-corrected chi connectivity index (χ1v) is 6.36. The highest BCUT2D eigenvalue weighted by Gasteiger charge is 2.29. The van der Waals surface area contributed by atoms with Gasteiger partial charge in [-0.2, -0.15) is 0 Å². The summed E-state index contributed by atoms with van der Waals surface area (Å²) in [5.41, 5.74) is 4.96. The quantitative estimate of drug-likeness (QED) is 0.668. The number of carboxylic acid groups (broad SMARTS) is 1. The number of carboxylic acids is 1. The Kier molecular flexibility index (Phi) is 5.14. The lowest BCUT2D eigenvalue weighted by Crippen LogP contribution is -2.52. The highest BCUT2D eigenvalue weighted by atomic mass is 16.4. The monoisotopic (exact) mass is 271 g/mol. The van der Waals surface area contributed by atoms with Crippen LogP contribution < -0.4 is 11.1 Å². The first-order valence-electron chi connectivity index (χ1n) is 6.36. The topological polar surface area (TPSA) is 113 Å². The molecule has 0 aromatic carbocycles. The molecule has 0 aromatic heterocycles. The normalized spacial score (nSPS) is 24.6. The second-order valence-electron chi connectivity index (χ2n) is 5.36. The Morgan fingerprint density at radius 3 is 2.26 bits per heavy atom. The molecular weight excluding hydrogens is 250 g/mol. The third kappa shape index (κ3) is 4.76. The zero-order valence-electron chi connectivity index (χ0n) is 11.3. The molecule has 1 saturated heterocycles. The molecule has 3 amide bonds. The number of carbonyl (C=O) groups is 3. The first kappa shape index (κ1) is 15.3. The van der Waals surface area contributed by atoms with E-state index in [4.69, 9.17) is 10.8 Å². The van der Waals surface area contributed by atoms with Crippen molar-refractivity contribution in [3.8, 4) is 0 Å². The standard InChI is InChI=1S/C12H21N3O4/c1-7-3-8(2)6-15(5-7)12(19)14-9(11(17)18)4-10(13)16/h7-9H,3-6H2,1-2H3,(H2,13,16)(H,14,19)(H,17,18)/t7?,8?,9-/m1/s1. The maximum absolute atomic E-state index is 12.0. The Hall–Kier alpha value is -1.79. The lowest BCUT2D eigenvalue weighted by Gasteiger charge is -2.35. The van der Waals surface area contributed by atoms with Gasteiger partial charge in [-0.15, -0.1) is 0 Å². The Balaban J connectivity index is 2.61. The van der Waals surface area contributed by atoms with Gasteiger partial charge >= 0.3 is 12.0 Å². The second kappa shape index (κ2) is 6.40. The van der Waals surface area contributed by atoms with Gasteiger partial charge < -0.3 is 21.1 Å². The number of nitrogens with one attached hydrogen (secondary N) is 1. The first-order chi connectivity index (χ1) is 8.79. The highest BCUT2D eigenvalue weighted by molar-refractivity contribution is 5.87. The van der Waals surface area contributed by atoms with Crippen LogP contribution in [0.25, 0.3) is 0 Å². The smallest absolute Gasteiger partial charge is 0.326 e. The molecule has 0 aliphatic carbocycles. The zero-order chi connectivity index (χ0) is 14.6. The molecule has 1 fully saturated rings. The number of nitrogens with zero attached hydrogens (tertiary/aromatic N) is 1. The van der Waals surface area contributed by atoms with E-state index in [1.165, 1.54) is 0 Å². The number of carbonyl (C=O) groups excluding carboxylic acids is 2. The van der Waals surface area contributed by atoms with E-state index < -0.39 is 30.4 Å². The Morgan fingerprint density at radius 2 is 1.84 bits per heavy atom. The summed E-state index contributed by atoms with van der Waals surface area (Å²) in [7, 11) is 0. The Bertz CT molecular complexity index is 362. The predicted molar refractivity (Wildman–Crippen MR) is 68.3 cm³/mol. The molecule has 7 heteroatoms. The summed E-state index contributed by atoms with van der Waals surface area (Å²) in [5, 5.41) is 11.3. The summed E-state index contributed by atoms with van der Waals surface area (Å²) in [6.45, 7) is 5.29. The van der Waals surface area contributed by atoms with Crippen LogP contribution in [0, 0.1) is 11.8 Å². The van der Waals surface area contributed by atoms with E-state index in [0.29, 0.717) is 24.9 Å². The van der Waals surface area contributed by atoms with Crippen LogP contribution in [0.15, 0.2) is 0 Å². The van der Waals surface area contributed by atoms with E-state index in [1.54, 1.807) is 4.90 Å². The summed E-state index contributed by atoms with van der Waals surface area (Å²) in [5.74, 6) is -1.25. The summed E-state index contributed by atoms with van der Waals surface area (Å²) >= 11 is 0. The summed E-state index contributed by atoms with van der Waals surface area (Å²) < 4.78 is 0. The van der Waals surface area contributed by atoms with Crippen molar-refractivity contribution in [1.82, 2.24) is 10.2 Å². The Labute approximate surface area is 112 Å². The molecule has 0 saturated carbocycles. The molecule has 0 aromatic rings. The zero-order valence-corrected chi connectivity index (χ0v) is 11.3. The molecule has 1 rings (SSSR count). The number of piperidine rings is 1. The molecule has 0 spiro atoms. The molecule has 4 N–H and O–H groups in total. The number of aliphatic carboxylic acids is 1. The average molecular weight is 271 g/mol. The number of hydrogen-bond donors (Lipinski definition) is 3. The van der Waals surface area contributed by atoms with Crippen molar-refractivity contribution in [2.75, 3.05) is 13.1 Å². The van der Waals surface area contributed by atoms with Gasteiger partial charge in [0.15, 0.2) is 0 Å². The molecule has 108 valence electrons. The number of nitrogens with two attached hydrogens (primary N) is 1. The third-order valence-corrected chi connectivity index (χ3v) is 3.16. The number of hydrogen-bond acceptors (Lipinski definition) is 3. The fraction of sp³-hybridized carbons (Fsp3) is 0.750. The predicted octanol–water partition coefficient (Wildman–Crippen LogP) is 0.00250. The van der Waals surface area contributed by atoms with Crippen LogP contribution in [-0.4, -0.2) is 47.0 Å². The molecule has 2 unspecified atom stereocenters. The number of rotatable bonds is 4. The summed E-state index contributed by atoms with van der Waals surface area (Å²) in [6.07, 6.45) is 0.646. The number of likely N-dealkylation sites (tertiary alicyclic amines) is 1.